The van der Waals surface area contributed by atoms with Crippen LogP contribution in [-0.4, -0.2) is 24.2 Å². The van der Waals surface area contributed by atoms with E-state index in [-0.39, 0.29) is 0 Å². The van der Waals surface area contributed by atoms with Gasteiger partial charge in [0.25, 0.3) is 0 Å². The van der Waals surface area contributed by atoms with Gasteiger partial charge in [-0.05, 0) is 18.2 Å². The van der Waals surface area contributed by atoms with Gasteiger partial charge in [0.1, 0.15) is 16.7 Å². The van der Waals surface area contributed by atoms with E-state index < -0.39 is 0 Å². The average molecular weight is 251 g/mol. The van der Waals surface area contributed by atoms with E-state index in [0.29, 0.717) is 22.5 Å². The Labute approximate surface area is 104 Å². The van der Waals surface area contributed by atoms with Gasteiger partial charge in [-0.3, -0.25) is 0 Å². The van der Waals surface area contributed by atoms with Gasteiger partial charge < -0.3 is 9.47 Å². The molecule has 1 aromatic carbocycles. The van der Waals surface area contributed by atoms with Crippen molar-refractivity contribution in [3.05, 3.63) is 35.6 Å². The molecule has 4 nitrogen and oxygen atoms in total. The lowest BCUT2D eigenvalue weighted by Gasteiger charge is -2.09. The standard InChI is InChI=1S/C12H11ClN2O2/c1-16-8-3-4-9(10(7-8)17-2)12-14-6-5-11(13)15-12/h3-7H,1-2H3. The van der Waals surface area contributed by atoms with Crippen LogP contribution in [0.1, 0.15) is 0 Å². The van der Waals surface area contributed by atoms with Gasteiger partial charge in [0, 0.05) is 12.3 Å². The zero-order valence-corrected chi connectivity index (χ0v) is 10.2. The van der Waals surface area contributed by atoms with Crippen molar-refractivity contribution in [1.29, 1.82) is 0 Å². The molecule has 17 heavy (non-hydrogen) atoms. The Morgan fingerprint density at radius 2 is 1.94 bits per heavy atom. The van der Waals surface area contributed by atoms with Crippen LogP contribution in [0.25, 0.3) is 11.4 Å². The first-order valence-electron chi connectivity index (χ1n) is 4.95. The van der Waals surface area contributed by atoms with Crippen molar-refractivity contribution in [3.63, 3.8) is 0 Å². The highest BCUT2D eigenvalue weighted by atomic mass is 35.5. The van der Waals surface area contributed by atoms with Gasteiger partial charge in [-0.2, -0.15) is 0 Å². The van der Waals surface area contributed by atoms with Crippen molar-refractivity contribution in [2.75, 3.05) is 14.2 Å². The fourth-order valence-electron chi connectivity index (χ4n) is 1.45. The minimum atomic E-state index is 0.396. The van der Waals surface area contributed by atoms with Crippen LogP contribution in [0.15, 0.2) is 30.5 Å². The number of benzene rings is 1. The maximum absolute atomic E-state index is 5.83. The second-order valence-electron chi connectivity index (χ2n) is 3.27. The van der Waals surface area contributed by atoms with Gasteiger partial charge in [-0.1, -0.05) is 11.6 Å². The summed E-state index contributed by atoms with van der Waals surface area (Å²) in [5, 5.41) is 0.396. The number of hydrogen-bond acceptors (Lipinski definition) is 4. The predicted octanol–water partition coefficient (Wildman–Crippen LogP) is 2.81. The lowest BCUT2D eigenvalue weighted by molar-refractivity contribution is 0.395. The molecule has 2 rings (SSSR count). The molecule has 0 atom stereocenters. The molecule has 0 saturated heterocycles. The van der Waals surface area contributed by atoms with Crippen LogP contribution in [0.3, 0.4) is 0 Å². The number of halogens is 1. The molecule has 0 N–H and O–H groups in total. The summed E-state index contributed by atoms with van der Waals surface area (Å²) in [5.41, 5.74) is 0.774. The Balaban J connectivity index is 2.51. The quantitative estimate of drug-likeness (QED) is 0.786. The molecule has 1 heterocycles. The number of nitrogens with zero attached hydrogens (tertiary/aromatic N) is 2. The van der Waals surface area contributed by atoms with Gasteiger partial charge in [-0.15, -0.1) is 0 Å². The van der Waals surface area contributed by atoms with Gasteiger partial charge in [0.2, 0.25) is 0 Å². The summed E-state index contributed by atoms with van der Waals surface area (Å²) in [6.07, 6.45) is 1.61. The van der Waals surface area contributed by atoms with E-state index in [1.165, 1.54) is 0 Å². The molecule has 0 fully saturated rings. The Hall–Kier alpha value is -1.81. The molecular weight excluding hydrogens is 240 g/mol. The second kappa shape index (κ2) is 5.01. The van der Waals surface area contributed by atoms with Gasteiger partial charge >= 0.3 is 0 Å². The molecule has 5 heteroatoms. The maximum Gasteiger partial charge on any atom is 0.164 e. The Morgan fingerprint density at radius 1 is 1.12 bits per heavy atom. The topological polar surface area (TPSA) is 44.2 Å². The summed E-state index contributed by atoms with van der Waals surface area (Å²) in [6, 6.07) is 7.06. The molecular formula is C12H11ClN2O2. The first-order valence-corrected chi connectivity index (χ1v) is 5.33. The number of rotatable bonds is 3. The van der Waals surface area contributed by atoms with Crippen molar-refractivity contribution in [2.24, 2.45) is 0 Å². The number of hydrogen-bond donors (Lipinski definition) is 0. The van der Waals surface area contributed by atoms with Crippen LogP contribution in [0.5, 0.6) is 11.5 Å². The second-order valence-corrected chi connectivity index (χ2v) is 3.66. The number of aromatic nitrogens is 2. The zero-order valence-electron chi connectivity index (χ0n) is 9.48. The van der Waals surface area contributed by atoms with Gasteiger partial charge in [0.05, 0.1) is 19.8 Å². The summed E-state index contributed by atoms with van der Waals surface area (Å²) >= 11 is 5.83. The largest absolute Gasteiger partial charge is 0.497 e. The third kappa shape index (κ3) is 2.47. The van der Waals surface area contributed by atoms with Crippen molar-refractivity contribution >= 4 is 11.6 Å². The number of methoxy groups -OCH3 is 2. The molecule has 2 aromatic rings. The molecule has 0 aliphatic heterocycles. The highest BCUT2D eigenvalue weighted by Crippen LogP contribution is 2.31. The fraction of sp³-hybridized carbons (Fsp3) is 0.167. The molecule has 0 aliphatic carbocycles. The zero-order chi connectivity index (χ0) is 12.3. The Morgan fingerprint density at radius 3 is 2.59 bits per heavy atom. The van der Waals surface area contributed by atoms with E-state index in [1.807, 2.05) is 12.1 Å². The highest BCUT2D eigenvalue weighted by Gasteiger charge is 2.10. The first kappa shape index (κ1) is 11.7. The minimum absolute atomic E-state index is 0.396. The van der Waals surface area contributed by atoms with Crippen LogP contribution in [0.4, 0.5) is 0 Å². The van der Waals surface area contributed by atoms with Gasteiger partial charge in [0.15, 0.2) is 5.82 Å². The monoisotopic (exact) mass is 250 g/mol. The lowest BCUT2D eigenvalue weighted by atomic mass is 10.2. The van der Waals surface area contributed by atoms with Crippen molar-refractivity contribution in [2.45, 2.75) is 0 Å². The summed E-state index contributed by atoms with van der Waals surface area (Å²) in [7, 11) is 3.19. The van der Waals surface area contributed by atoms with Gasteiger partial charge in [-0.25, -0.2) is 9.97 Å². The van der Waals surface area contributed by atoms with E-state index in [9.17, 15) is 0 Å². The van der Waals surface area contributed by atoms with E-state index in [1.54, 1.807) is 32.5 Å². The third-order valence-corrected chi connectivity index (χ3v) is 2.48. The minimum Gasteiger partial charge on any atom is -0.497 e. The normalized spacial score (nSPS) is 10.1. The summed E-state index contributed by atoms with van der Waals surface area (Å²) in [5.74, 6) is 1.89. The van der Waals surface area contributed by atoms with Crippen molar-refractivity contribution in [3.8, 4) is 22.9 Å². The molecule has 0 spiro atoms. The van der Waals surface area contributed by atoms with E-state index in [0.717, 1.165) is 5.56 Å². The molecule has 0 aliphatic rings. The first-order chi connectivity index (χ1) is 8.24. The van der Waals surface area contributed by atoms with E-state index in [2.05, 4.69) is 9.97 Å². The molecule has 0 bridgehead atoms. The smallest absolute Gasteiger partial charge is 0.164 e. The predicted molar refractivity (Wildman–Crippen MR) is 65.6 cm³/mol. The SMILES string of the molecule is COc1ccc(-c2nccc(Cl)n2)c(OC)c1. The van der Waals surface area contributed by atoms with Crippen LogP contribution in [-0.2, 0) is 0 Å². The Bertz CT molecular complexity index is 532. The molecule has 0 amide bonds. The molecule has 1 aromatic heterocycles. The number of ether oxygens (including phenoxy) is 2. The summed E-state index contributed by atoms with van der Waals surface area (Å²) in [6.45, 7) is 0. The van der Waals surface area contributed by atoms with Crippen LogP contribution in [0, 0.1) is 0 Å². The van der Waals surface area contributed by atoms with Crippen molar-refractivity contribution in [1.82, 2.24) is 9.97 Å². The van der Waals surface area contributed by atoms with E-state index in [4.69, 9.17) is 21.1 Å². The summed E-state index contributed by atoms with van der Waals surface area (Å²) in [4.78, 5) is 8.30. The van der Waals surface area contributed by atoms with E-state index >= 15 is 0 Å². The van der Waals surface area contributed by atoms with Crippen LogP contribution in [0.2, 0.25) is 5.15 Å². The molecule has 0 saturated carbocycles. The van der Waals surface area contributed by atoms with Crippen molar-refractivity contribution < 1.29 is 9.47 Å². The summed E-state index contributed by atoms with van der Waals surface area (Å²) < 4.78 is 10.4. The van der Waals surface area contributed by atoms with Crippen LogP contribution < -0.4 is 9.47 Å². The Kier molecular flexibility index (Phi) is 3.44. The van der Waals surface area contributed by atoms with Crippen LogP contribution >= 0.6 is 11.6 Å². The molecule has 88 valence electrons. The molecule has 0 unspecified atom stereocenters. The fourth-order valence-corrected chi connectivity index (χ4v) is 1.59. The average Bonchev–Trinajstić information content (AvgIpc) is 2.38. The lowest BCUT2D eigenvalue weighted by Crippen LogP contribution is -1.94. The molecule has 0 radical (unpaired) electrons. The maximum atomic E-state index is 5.83. The highest BCUT2D eigenvalue weighted by molar-refractivity contribution is 6.29. The third-order valence-electron chi connectivity index (χ3n) is 2.27.